The average Bonchev–Trinajstić information content (AvgIpc) is 2.54. The number of aromatic nitrogens is 2. The van der Waals surface area contributed by atoms with Crippen molar-refractivity contribution in [3.8, 4) is 0 Å². The molecule has 0 radical (unpaired) electrons. The number of carboxylic acid groups (broad SMARTS) is 1. The van der Waals surface area contributed by atoms with Crippen LogP contribution in [0.4, 0.5) is 0 Å². The SMILES string of the molecule is CC(C)Cc1nn(C2CCCCCC2)c(Cl)c1C(=O)O. The maximum Gasteiger partial charge on any atom is 0.340 e. The van der Waals surface area contributed by atoms with E-state index in [1.807, 2.05) is 0 Å². The van der Waals surface area contributed by atoms with Crippen molar-refractivity contribution >= 4 is 17.6 Å². The first-order chi connectivity index (χ1) is 9.50. The van der Waals surface area contributed by atoms with Gasteiger partial charge in [0.1, 0.15) is 10.7 Å². The van der Waals surface area contributed by atoms with Gasteiger partial charge in [0.2, 0.25) is 0 Å². The second-order valence-corrected chi connectivity index (χ2v) is 6.46. The number of nitrogens with zero attached hydrogens (tertiary/aromatic N) is 2. The number of carbonyl (C=O) groups is 1. The van der Waals surface area contributed by atoms with Gasteiger partial charge in [0.15, 0.2) is 0 Å². The lowest BCUT2D eigenvalue weighted by atomic mass is 10.1. The van der Waals surface area contributed by atoms with Crippen molar-refractivity contribution in [3.05, 3.63) is 16.4 Å². The van der Waals surface area contributed by atoms with Crippen LogP contribution in [0.3, 0.4) is 0 Å². The Balaban J connectivity index is 2.35. The van der Waals surface area contributed by atoms with Crippen LogP contribution in [0.15, 0.2) is 0 Å². The van der Waals surface area contributed by atoms with Gasteiger partial charge < -0.3 is 5.11 Å². The Bertz CT molecular complexity index is 474. The van der Waals surface area contributed by atoms with Gasteiger partial charge in [-0.15, -0.1) is 0 Å². The highest BCUT2D eigenvalue weighted by atomic mass is 35.5. The molecule has 0 unspecified atom stereocenters. The van der Waals surface area contributed by atoms with Crippen molar-refractivity contribution in [1.82, 2.24) is 9.78 Å². The Hall–Kier alpha value is -1.03. The lowest BCUT2D eigenvalue weighted by molar-refractivity contribution is 0.0695. The standard InChI is InChI=1S/C15H23ClN2O2/c1-10(2)9-12-13(15(19)20)14(16)18(17-12)11-7-5-3-4-6-8-11/h10-11H,3-9H2,1-2H3,(H,19,20). The van der Waals surface area contributed by atoms with Gasteiger partial charge in [-0.2, -0.15) is 5.10 Å². The Morgan fingerprint density at radius 1 is 1.35 bits per heavy atom. The van der Waals surface area contributed by atoms with Gasteiger partial charge in [0.25, 0.3) is 0 Å². The Kier molecular flexibility index (Phi) is 5.08. The minimum absolute atomic E-state index is 0.199. The summed E-state index contributed by atoms with van der Waals surface area (Å²) >= 11 is 6.31. The van der Waals surface area contributed by atoms with Gasteiger partial charge in [0, 0.05) is 0 Å². The fraction of sp³-hybridized carbons (Fsp3) is 0.733. The molecule has 4 nitrogen and oxygen atoms in total. The molecule has 0 amide bonds. The van der Waals surface area contributed by atoms with Gasteiger partial charge in [-0.1, -0.05) is 51.1 Å². The maximum atomic E-state index is 11.5. The second-order valence-electron chi connectivity index (χ2n) is 6.11. The summed E-state index contributed by atoms with van der Waals surface area (Å²) in [6.45, 7) is 4.12. The monoisotopic (exact) mass is 298 g/mol. The van der Waals surface area contributed by atoms with Gasteiger partial charge in [-0.25, -0.2) is 9.48 Å². The Morgan fingerprint density at radius 3 is 2.45 bits per heavy atom. The third kappa shape index (κ3) is 3.35. The highest BCUT2D eigenvalue weighted by molar-refractivity contribution is 6.32. The van der Waals surface area contributed by atoms with Crippen LogP contribution in [0.1, 0.15) is 74.5 Å². The lowest BCUT2D eigenvalue weighted by Crippen LogP contribution is -2.10. The van der Waals surface area contributed by atoms with E-state index < -0.39 is 5.97 Å². The first kappa shape index (κ1) is 15.4. The van der Waals surface area contributed by atoms with Crippen LogP contribution in [-0.4, -0.2) is 20.9 Å². The molecule has 0 aliphatic heterocycles. The lowest BCUT2D eigenvalue weighted by Gasteiger charge is -2.15. The third-order valence-corrected chi connectivity index (χ3v) is 4.27. The van der Waals surface area contributed by atoms with Crippen LogP contribution >= 0.6 is 11.6 Å². The van der Waals surface area contributed by atoms with Crippen molar-refractivity contribution in [2.24, 2.45) is 5.92 Å². The molecular weight excluding hydrogens is 276 g/mol. The summed E-state index contributed by atoms with van der Waals surface area (Å²) in [6, 6.07) is 0.254. The molecule has 20 heavy (non-hydrogen) atoms. The molecule has 1 heterocycles. The number of rotatable bonds is 4. The molecule has 0 saturated heterocycles. The summed E-state index contributed by atoms with van der Waals surface area (Å²) in [5.74, 6) is -0.604. The molecule has 1 aromatic heterocycles. The van der Waals surface area contributed by atoms with Crippen LogP contribution in [0.25, 0.3) is 0 Å². The largest absolute Gasteiger partial charge is 0.478 e. The Morgan fingerprint density at radius 2 is 1.95 bits per heavy atom. The highest BCUT2D eigenvalue weighted by Gasteiger charge is 2.26. The zero-order chi connectivity index (χ0) is 14.7. The van der Waals surface area contributed by atoms with E-state index in [9.17, 15) is 9.90 Å². The Labute approximate surface area is 125 Å². The predicted molar refractivity (Wildman–Crippen MR) is 79.5 cm³/mol. The van der Waals surface area contributed by atoms with Crippen LogP contribution in [0, 0.1) is 5.92 Å². The minimum atomic E-state index is -0.967. The quantitative estimate of drug-likeness (QED) is 0.842. The van der Waals surface area contributed by atoms with Crippen molar-refractivity contribution in [2.45, 2.75) is 64.8 Å². The number of hydrogen-bond acceptors (Lipinski definition) is 2. The molecule has 1 N–H and O–H groups in total. The van der Waals surface area contributed by atoms with E-state index >= 15 is 0 Å². The van der Waals surface area contributed by atoms with E-state index in [-0.39, 0.29) is 11.6 Å². The second kappa shape index (κ2) is 6.61. The first-order valence-corrected chi connectivity index (χ1v) is 7.88. The summed E-state index contributed by atoms with van der Waals surface area (Å²) in [4.78, 5) is 11.5. The van der Waals surface area contributed by atoms with Crippen LogP contribution in [-0.2, 0) is 6.42 Å². The van der Waals surface area contributed by atoms with Gasteiger partial charge in [-0.05, 0) is 25.2 Å². The molecule has 0 aromatic carbocycles. The van der Waals surface area contributed by atoms with E-state index in [1.54, 1.807) is 4.68 Å². The van der Waals surface area contributed by atoms with Crippen LogP contribution < -0.4 is 0 Å². The molecular formula is C15H23ClN2O2. The maximum absolute atomic E-state index is 11.5. The summed E-state index contributed by atoms with van der Waals surface area (Å²) in [7, 11) is 0. The number of hydrogen-bond donors (Lipinski definition) is 1. The summed E-state index contributed by atoms with van der Waals surface area (Å²) in [6.07, 6.45) is 7.58. The summed E-state index contributed by atoms with van der Waals surface area (Å²) in [5.41, 5.74) is 0.825. The van der Waals surface area contributed by atoms with Crippen molar-refractivity contribution in [2.75, 3.05) is 0 Å². The molecule has 2 rings (SSSR count). The first-order valence-electron chi connectivity index (χ1n) is 7.51. The normalized spacial score (nSPS) is 17.4. The molecule has 0 spiro atoms. The number of carboxylic acids is 1. The number of aromatic carboxylic acids is 1. The molecule has 1 fully saturated rings. The third-order valence-electron chi connectivity index (χ3n) is 3.91. The molecule has 0 atom stereocenters. The van der Waals surface area contributed by atoms with E-state index in [0.29, 0.717) is 23.2 Å². The average molecular weight is 299 g/mol. The van der Waals surface area contributed by atoms with Crippen molar-refractivity contribution < 1.29 is 9.90 Å². The topological polar surface area (TPSA) is 55.1 Å². The zero-order valence-corrected chi connectivity index (χ0v) is 13.0. The van der Waals surface area contributed by atoms with Crippen molar-refractivity contribution in [3.63, 3.8) is 0 Å². The zero-order valence-electron chi connectivity index (χ0n) is 12.2. The fourth-order valence-electron chi connectivity index (χ4n) is 2.94. The molecule has 1 aliphatic carbocycles. The van der Waals surface area contributed by atoms with E-state index in [1.165, 1.54) is 25.7 Å². The van der Waals surface area contributed by atoms with Gasteiger partial charge in [-0.3, -0.25) is 0 Å². The summed E-state index contributed by atoms with van der Waals surface area (Å²) < 4.78 is 1.77. The van der Waals surface area contributed by atoms with Crippen LogP contribution in [0.5, 0.6) is 0 Å². The minimum Gasteiger partial charge on any atom is -0.478 e. The molecule has 112 valence electrons. The molecule has 1 aliphatic rings. The number of halogens is 1. The molecule has 1 aromatic rings. The van der Waals surface area contributed by atoms with Crippen molar-refractivity contribution in [1.29, 1.82) is 0 Å². The smallest absolute Gasteiger partial charge is 0.340 e. The highest BCUT2D eigenvalue weighted by Crippen LogP contribution is 2.32. The molecule has 0 bridgehead atoms. The fourth-order valence-corrected chi connectivity index (χ4v) is 3.31. The predicted octanol–water partition coefficient (Wildman–Crippen LogP) is 4.33. The molecule has 5 heteroatoms. The van der Waals surface area contributed by atoms with E-state index in [0.717, 1.165) is 12.8 Å². The van der Waals surface area contributed by atoms with Crippen LogP contribution in [0.2, 0.25) is 5.15 Å². The van der Waals surface area contributed by atoms with Gasteiger partial charge >= 0.3 is 5.97 Å². The van der Waals surface area contributed by atoms with E-state index in [4.69, 9.17) is 11.6 Å². The molecule has 1 saturated carbocycles. The van der Waals surface area contributed by atoms with E-state index in [2.05, 4.69) is 18.9 Å². The van der Waals surface area contributed by atoms with Gasteiger partial charge in [0.05, 0.1) is 11.7 Å². The summed E-state index contributed by atoms with van der Waals surface area (Å²) in [5, 5.41) is 14.2.